The third kappa shape index (κ3) is 10.9. The first-order chi connectivity index (χ1) is 10.6. The van der Waals surface area contributed by atoms with Gasteiger partial charge in [0.2, 0.25) is 0 Å². The Labute approximate surface area is 141 Å². The predicted molar refractivity (Wildman–Crippen MR) is 71.5 cm³/mol. The van der Waals surface area contributed by atoms with Gasteiger partial charge < -0.3 is 20.0 Å². The van der Waals surface area contributed by atoms with Crippen molar-refractivity contribution in [1.29, 1.82) is 0 Å². The number of carbonyl (C=O) groups is 2. The van der Waals surface area contributed by atoms with Crippen LogP contribution in [-0.4, -0.2) is 37.2 Å². The number of pyridine rings is 1. The summed E-state index contributed by atoms with van der Waals surface area (Å²) in [5, 5.41) is 17.2. The van der Waals surface area contributed by atoms with Gasteiger partial charge in [0.05, 0.1) is 17.9 Å². The molecule has 0 unspecified atom stereocenters. The van der Waals surface area contributed by atoms with Crippen LogP contribution in [0, 0.1) is 6.92 Å². The zero-order chi connectivity index (χ0) is 18.6. The molecule has 1 aromatic rings. The maximum absolute atomic E-state index is 10.7. The number of rotatable bonds is 5. The van der Waals surface area contributed by atoms with Gasteiger partial charge in [0.25, 0.3) is 0 Å². The van der Waals surface area contributed by atoms with E-state index < -0.39 is 20.4 Å². The number of hydrogen-bond acceptors (Lipinski definition) is 7. The molecule has 10 nitrogen and oxygen atoms in total. The van der Waals surface area contributed by atoms with Crippen LogP contribution in [0.4, 0.5) is 0 Å². The van der Waals surface area contributed by atoms with E-state index in [9.17, 15) is 19.3 Å². The molecule has 0 aliphatic heterocycles. The number of phosphoric acid groups is 1. The summed E-state index contributed by atoms with van der Waals surface area (Å²) in [6, 6.07) is 0. The fourth-order valence-corrected chi connectivity index (χ4v) is 1.36. The molecule has 0 saturated carbocycles. The fraction of sp³-hybridized carbons (Fsp3) is 0.364. The molecular formula is C11H16NO9PV. The molecule has 0 spiro atoms. The molecule has 0 bridgehead atoms. The first-order valence-corrected chi connectivity index (χ1v) is 7.95. The number of phosphoric ester groups is 1. The predicted octanol–water partition coefficient (Wildman–Crippen LogP) is 0.877. The molecule has 129 valence electrons. The molecule has 0 amide bonds. The molecule has 23 heavy (non-hydrogen) atoms. The quantitative estimate of drug-likeness (QED) is 0.419. The second kappa shape index (κ2) is 12.1. The number of aryl methyl sites for hydroxylation is 1. The van der Waals surface area contributed by atoms with Crippen molar-refractivity contribution in [3.8, 4) is 5.75 Å². The first-order valence-electron chi connectivity index (χ1n) is 5.85. The number of nitrogens with zero attached hydrogens (tertiary/aromatic N) is 1. The average molecular weight is 388 g/mol. The topological polar surface area (TPSA) is 171 Å². The summed E-state index contributed by atoms with van der Waals surface area (Å²) in [4.78, 5) is 40.8. The van der Waals surface area contributed by atoms with E-state index in [-0.39, 0.29) is 29.0 Å². The van der Waals surface area contributed by atoms with Gasteiger partial charge in [0, 0.05) is 18.2 Å². The Morgan fingerprint density at radius 2 is 1.91 bits per heavy atom. The Kier molecular flexibility index (Phi) is 12.5. The molecule has 0 radical (unpaired) electrons. The van der Waals surface area contributed by atoms with Crippen LogP contribution >= 0.6 is 7.82 Å². The molecular weight excluding hydrogens is 372 g/mol. The summed E-state index contributed by atoms with van der Waals surface area (Å²) in [7, 11) is -4.61. The normalized spacial score (nSPS) is 9.70. The summed E-state index contributed by atoms with van der Waals surface area (Å²) in [5.41, 5.74) is 0.282. The Balaban J connectivity index is 0. The number of aldehydes is 1. The van der Waals surface area contributed by atoms with Crippen LogP contribution in [0.3, 0.4) is 0 Å². The van der Waals surface area contributed by atoms with E-state index in [1.54, 1.807) is 6.92 Å². The summed E-state index contributed by atoms with van der Waals surface area (Å²) < 4.78 is 22.9. The summed E-state index contributed by atoms with van der Waals surface area (Å²) in [5.74, 6) is -1.06. The maximum atomic E-state index is 10.7. The fourth-order valence-electron chi connectivity index (χ4n) is 1.05. The third-order valence-corrected chi connectivity index (χ3v) is 2.63. The zero-order valence-corrected chi connectivity index (χ0v) is 14.5. The molecule has 0 fully saturated rings. The standard InChI is InChI=1S/C8H10NO6P.C3H6O2.O.V/c1-5-8(11)7(3-10)6(2-9-5)4-15-16(12,13)14;1-2-3(4)5;;/h2-3,11H,4H2,1H3,(H2,12,13,14);2H2,1H3,(H,4,5);;. The van der Waals surface area contributed by atoms with Gasteiger partial charge in [0.1, 0.15) is 5.75 Å². The second-order valence-corrected chi connectivity index (χ2v) is 5.00. The van der Waals surface area contributed by atoms with Crippen LogP contribution in [0.5, 0.6) is 5.75 Å². The molecule has 0 saturated heterocycles. The molecule has 1 rings (SSSR count). The second-order valence-electron chi connectivity index (χ2n) is 3.76. The van der Waals surface area contributed by atoms with E-state index in [1.165, 1.54) is 13.1 Å². The minimum absolute atomic E-state index is 0.0825. The van der Waals surface area contributed by atoms with Crippen LogP contribution in [0.1, 0.15) is 35.0 Å². The number of aliphatic carboxylic acids is 1. The van der Waals surface area contributed by atoms with Crippen molar-refractivity contribution < 1.29 is 59.7 Å². The Bertz CT molecular complexity index is 575. The van der Waals surface area contributed by atoms with Crippen LogP contribution in [-0.2, 0) is 41.5 Å². The van der Waals surface area contributed by atoms with Crippen LogP contribution in [0.2, 0.25) is 0 Å². The van der Waals surface area contributed by atoms with E-state index in [2.05, 4.69) is 9.51 Å². The van der Waals surface area contributed by atoms with Gasteiger partial charge in [-0.3, -0.25) is 19.1 Å². The van der Waals surface area contributed by atoms with Crippen LogP contribution in [0.15, 0.2) is 6.20 Å². The van der Waals surface area contributed by atoms with Crippen molar-refractivity contribution >= 4 is 20.1 Å². The van der Waals surface area contributed by atoms with Crippen molar-refractivity contribution in [3.63, 3.8) is 0 Å². The molecule has 4 N–H and O–H groups in total. The third-order valence-electron chi connectivity index (χ3n) is 2.17. The Morgan fingerprint density at radius 3 is 2.26 bits per heavy atom. The monoisotopic (exact) mass is 388 g/mol. The first kappa shape index (κ1) is 23.8. The van der Waals surface area contributed by atoms with Crippen molar-refractivity contribution in [3.05, 3.63) is 23.0 Å². The summed E-state index contributed by atoms with van der Waals surface area (Å²) in [6.07, 6.45) is 1.82. The van der Waals surface area contributed by atoms with Crippen molar-refractivity contribution in [2.45, 2.75) is 26.9 Å². The molecule has 1 heterocycles. The molecule has 0 aliphatic rings. The number of carboxylic acid groups (broad SMARTS) is 1. The molecule has 0 atom stereocenters. The van der Waals surface area contributed by atoms with E-state index in [0.717, 1.165) is 17.4 Å². The number of aromatic nitrogens is 1. The van der Waals surface area contributed by atoms with Gasteiger partial charge in [-0.05, 0) is 6.92 Å². The van der Waals surface area contributed by atoms with Gasteiger partial charge in [-0.1, -0.05) is 6.92 Å². The van der Waals surface area contributed by atoms with E-state index in [0.29, 0.717) is 6.29 Å². The summed E-state index contributed by atoms with van der Waals surface area (Å²) >= 11 is 1.06. The van der Waals surface area contributed by atoms with Gasteiger partial charge in [-0.15, -0.1) is 0 Å². The van der Waals surface area contributed by atoms with Gasteiger partial charge in [-0.2, -0.15) is 0 Å². The van der Waals surface area contributed by atoms with Gasteiger partial charge in [0.15, 0.2) is 6.29 Å². The van der Waals surface area contributed by atoms with Crippen molar-refractivity contribution in [2.75, 3.05) is 0 Å². The molecule has 12 heteroatoms. The number of carbonyl (C=O) groups excluding carboxylic acids is 1. The zero-order valence-electron chi connectivity index (χ0n) is 12.2. The van der Waals surface area contributed by atoms with Gasteiger partial charge in [-0.25, -0.2) is 4.57 Å². The van der Waals surface area contributed by atoms with Crippen LogP contribution < -0.4 is 0 Å². The van der Waals surface area contributed by atoms with Crippen molar-refractivity contribution in [1.82, 2.24) is 4.98 Å². The Morgan fingerprint density at radius 1 is 1.43 bits per heavy atom. The molecule has 0 aromatic carbocycles. The van der Waals surface area contributed by atoms with Gasteiger partial charge >= 0.3 is 34.8 Å². The van der Waals surface area contributed by atoms with Crippen LogP contribution in [0.25, 0.3) is 0 Å². The van der Waals surface area contributed by atoms with E-state index >= 15 is 0 Å². The SMILES string of the molecule is CCC(=O)O.Cc1ncc(COP(=O)(O)O)c(C=O)c1O.[O]=[V]. The molecule has 1 aromatic heterocycles. The number of hydrogen-bond donors (Lipinski definition) is 4. The molecule has 0 aliphatic carbocycles. The van der Waals surface area contributed by atoms with E-state index in [1.807, 2.05) is 0 Å². The van der Waals surface area contributed by atoms with Crippen molar-refractivity contribution in [2.24, 2.45) is 0 Å². The minimum atomic E-state index is -4.61. The Hall–Kier alpha value is -1.42. The van der Waals surface area contributed by atoms with E-state index in [4.69, 9.17) is 18.6 Å². The number of carboxylic acids is 1. The summed E-state index contributed by atoms with van der Waals surface area (Å²) in [6.45, 7) is 2.59. The average Bonchev–Trinajstić information content (AvgIpc) is 2.50. The number of aromatic hydroxyl groups is 1.